The van der Waals surface area contributed by atoms with Crippen molar-refractivity contribution in [1.82, 2.24) is 4.57 Å². The topological polar surface area (TPSA) is 77.7 Å². The zero-order valence-corrected chi connectivity index (χ0v) is 18.6. The summed E-state index contributed by atoms with van der Waals surface area (Å²) in [5, 5.41) is 0. The monoisotopic (exact) mass is 482 g/mol. The van der Waals surface area contributed by atoms with Gasteiger partial charge in [-0.05, 0) is 53.2 Å². The summed E-state index contributed by atoms with van der Waals surface area (Å²) in [5.74, 6) is -0.368. The van der Waals surface area contributed by atoms with E-state index in [9.17, 15) is 13.2 Å². The Morgan fingerprint density at radius 1 is 1.25 bits per heavy atom. The molecule has 1 amide bonds. The van der Waals surface area contributed by atoms with Gasteiger partial charge in [0, 0.05) is 23.9 Å². The zero-order valence-electron chi connectivity index (χ0n) is 15.4. The summed E-state index contributed by atoms with van der Waals surface area (Å²) < 4.78 is 32.5. The number of benzene rings is 2. The minimum atomic E-state index is -3.32. The van der Waals surface area contributed by atoms with Crippen LogP contribution in [-0.2, 0) is 21.1 Å². The fourth-order valence-electron chi connectivity index (χ4n) is 2.67. The number of halogens is 1. The highest BCUT2D eigenvalue weighted by Crippen LogP contribution is 2.22. The molecule has 0 N–H and O–H groups in total. The molecule has 148 valence electrons. The van der Waals surface area contributed by atoms with Crippen LogP contribution in [0.5, 0.6) is 0 Å². The van der Waals surface area contributed by atoms with Crippen LogP contribution in [0.25, 0.3) is 10.2 Å². The number of hydrogen-bond acceptors (Lipinski definition) is 5. The maximum absolute atomic E-state index is 12.7. The molecule has 0 atom stereocenters. The molecule has 2 aromatic carbocycles. The summed E-state index contributed by atoms with van der Waals surface area (Å²) in [5.41, 5.74) is 1.28. The maximum atomic E-state index is 12.7. The number of ether oxygens (including phenoxy) is 1. The molecule has 0 aliphatic rings. The number of fused-ring (bicyclic) bond motifs is 1. The molecule has 3 rings (SSSR count). The number of amides is 1. The van der Waals surface area contributed by atoms with Crippen molar-refractivity contribution in [3.63, 3.8) is 0 Å². The number of nitrogens with zero attached hydrogens (tertiary/aromatic N) is 2. The van der Waals surface area contributed by atoms with Crippen molar-refractivity contribution >= 4 is 53.2 Å². The summed E-state index contributed by atoms with van der Waals surface area (Å²) in [7, 11) is -3.32. The van der Waals surface area contributed by atoms with Gasteiger partial charge in [-0.25, -0.2) is 8.42 Å². The molecule has 0 saturated heterocycles. The van der Waals surface area contributed by atoms with Gasteiger partial charge in [0.25, 0.3) is 5.91 Å². The zero-order chi connectivity index (χ0) is 20.3. The molecule has 0 unspecified atom stereocenters. The molecule has 9 heteroatoms. The third-order valence-corrected chi connectivity index (χ3v) is 6.89. The minimum Gasteiger partial charge on any atom is -0.380 e. The molecule has 0 radical (unpaired) electrons. The molecule has 1 aromatic heterocycles. The SMILES string of the molecule is CCOCCn1c(=NC(=O)c2ccccc2Br)sc2cc(S(C)(=O)=O)ccc21. The summed E-state index contributed by atoms with van der Waals surface area (Å²) in [4.78, 5) is 17.7. The fourth-order valence-corrected chi connectivity index (χ4v) is 4.94. The van der Waals surface area contributed by atoms with Crippen molar-refractivity contribution in [2.75, 3.05) is 19.5 Å². The minimum absolute atomic E-state index is 0.238. The summed E-state index contributed by atoms with van der Waals surface area (Å²) in [6.45, 7) is 3.47. The standard InChI is InChI=1S/C19H19BrN2O4S2/c1-3-26-11-10-22-16-9-8-13(28(2,24)25)12-17(16)27-19(22)21-18(23)14-6-4-5-7-15(14)20/h4-9,12H,3,10-11H2,1-2H3. The van der Waals surface area contributed by atoms with E-state index in [-0.39, 0.29) is 10.8 Å². The van der Waals surface area contributed by atoms with Crippen LogP contribution in [0.2, 0.25) is 0 Å². The van der Waals surface area contributed by atoms with E-state index in [2.05, 4.69) is 20.9 Å². The molecule has 0 spiro atoms. The van der Waals surface area contributed by atoms with E-state index in [1.54, 1.807) is 36.4 Å². The van der Waals surface area contributed by atoms with Gasteiger partial charge in [-0.3, -0.25) is 4.79 Å². The van der Waals surface area contributed by atoms with Gasteiger partial charge in [-0.1, -0.05) is 23.5 Å². The second kappa shape index (κ2) is 8.69. The van der Waals surface area contributed by atoms with Gasteiger partial charge in [-0.2, -0.15) is 4.99 Å². The third-order valence-electron chi connectivity index (χ3n) is 4.05. The van der Waals surface area contributed by atoms with Crippen molar-refractivity contribution in [3.05, 3.63) is 57.3 Å². The van der Waals surface area contributed by atoms with Crippen molar-refractivity contribution in [3.8, 4) is 0 Å². The molecule has 28 heavy (non-hydrogen) atoms. The Morgan fingerprint density at radius 2 is 2.00 bits per heavy atom. The summed E-state index contributed by atoms with van der Waals surface area (Å²) in [6, 6.07) is 12.0. The molecular weight excluding hydrogens is 464 g/mol. The van der Waals surface area contributed by atoms with E-state index >= 15 is 0 Å². The normalized spacial score (nSPS) is 12.6. The van der Waals surface area contributed by atoms with E-state index in [1.807, 2.05) is 17.6 Å². The number of thiazole rings is 1. The molecule has 0 saturated carbocycles. The van der Waals surface area contributed by atoms with E-state index in [0.29, 0.717) is 34.6 Å². The second-order valence-corrected chi connectivity index (χ2v) is 9.91. The Labute approximate surface area is 175 Å². The van der Waals surface area contributed by atoms with Crippen LogP contribution in [0.1, 0.15) is 17.3 Å². The predicted molar refractivity (Wildman–Crippen MR) is 113 cm³/mol. The molecule has 6 nitrogen and oxygen atoms in total. The van der Waals surface area contributed by atoms with Gasteiger partial charge in [0.05, 0.1) is 27.3 Å². The molecule has 0 bridgehead atoms. The predicted octanol–water partition coefficient (Wildman–Crippen LogP) is 3.65. The van der Waals surface area contributed by atoms with Gasteiger partial charge in [0.2, 0.25) is 0 Å². The first-order valence-corrected chi connectivity index (χ1v) is 12.1. The number of sulfone groups is 1. The number of hydrogen-bond donors (Lipinski definition) is 0. The van der Waals surface area contributed by atoms with Crippen molar-refractivity contribution in [2.24, 2.45) is 4.99 Å². The average Bonchev–Trinajstić information content (AvgIpc) is 2.98. The fraction of sp³-hybridized carbons (Fsp3) is 0.263. The smallest absolute Gasteiger partial charge is 0.280 e. The van der Waals surface area contributed by atoms with Gasteiger partial charge in [-0.15, -0.1) is 0 Å². The number of rotatable bonds is 6. The maximum Gasteiger partial charge on any atom is 0.280 e. The molecule has 1 heterocycles. The highest BCUT2D eigenvalue weighted by atomic mass is 79.9. The first kappa shape index (κ1) is 20.9. The van der Waals surface area contributed by atoms with Crippen LogP contribution >= 0.6 is 27.3 Å². The third kappa shape index (κ3) is 4.60. The molecule has 0 aliphatic heterocycles. The lowest BCUT2D eigenvalue weighted by atomic mass is 10.2. The lowest BCUT2D eigenvalue weighted by Gasteiger charge is -2.06. The molecular formula is C19H19BrN2O4S2. The van der Waals surface area contributed by atoms with Gasteiger partial charge >= 0.3 is 0 Å². The first-order valence-electron chi connectivity index (χ1n) is 8.56. The molecule has 0 fully saturated rings. The van der Waals surface area contributed by atoms with E-state index in [4.69, 9.17) is 4.74 Å². The highest BCUT2D eigenvalue weighted by Gasteiger charge is 2.14. The summed E-state index contributed by atoms with van der Waals surface area (Å²) in [6.07, 6.45) is 1.17. The summed E-state index contributed by atoms with van der Waals surface area (Å²) >= 11 is 4.66. The van der Waals surface area contributed by atoms with E-state index < -0.39 is 9.84 Å². The quantitative estimate of drug-likeness (QED) is 0.502. The molecule has 0 aliphatic carbocycles. The highest BCUT2D eigenvalue weighted by molar-refractivity contribution is 9.10. The Kier molecular flexibility index (Phi) is 6.49. The van der Waals surface area contributed by atoms with Crippen molar-refractivity contribution < 1.29 is 17.9 Å². The van der Waals surface area contributed by atoms with E-state index in [0.717, 1.165) is 10.2 Å². The van der Waals surface area contributed by atoms with Crippen molar-refractivity contribution in [1.29, 1.82) is 0 Å². The van der Waals surface area contributed by atoms with Gasteiger partial charge in [0.15, 0.2) is 14.6 Å². The van der Waals surface area contributed by atoms with Crippen LogP contribution in [0, 0.1) is 0 Å². The molecule has 3 aromatic rings. The second-order valence-electron chi connectivity index (χ2n) is 6.03. The largest absolute Gasteiger partial charge is 0.380 e. The lowest BCUT2D eigenvalue weighted by molar-refractivity contribution is 0.0996. The number of carbonyl (C=O) groups excluding carboxylic acids is 1. The average molecular weight is 483 g/mol. The van der Waals surface area contributed by atoms with E-state index in [1.165, 1.54) is 17.6 Å². The number of aromatic nitrogens is 1. The Balaban J connectivity index is 2.14. The van der Waals surface area contributed by atoms with Crippen molar-refractivity contribution in [2.45, 2.75) is 18.4 Å². The Bertz CT molecular complexity index is 1200. The van der Waals surface area contributed by atoms with Crippen LogP contribution in [-0.4, -0.2) is 38.4 Å². The van der Waals surface area contributed by atoms with Crippen LogP contribution in [0.15, 0.2) is 56.8 Å². The first-order chi connectivity index (χ1) is 13.3. The van der Waals surface area contributed by atoms with Crippen LogP contribution in [0.3, 0.4) is 0 Å². The number of carbonyl (C=O) groups is 1. The Hall–Kier alpha value is -1.81. The van der Waals surface area contributed by atoms with Gasteiger partial charge < -0.3 is 9.30 Å². The van der Waals surface area contributed by atoms with Crippen LogP contribution < -0.4 is 4.80 Å². The Morgan fingerprint density at radius 3 is 2.68 bits per heavy atom. The van der Waals surface area contributed by atoms with Crippen LogP contribution in [0.4, 0.5) is 0 Å². The lowest BCUT2D eigenvalue weighted by Crippen LogP contribution is -2.19. The van der Waals surface area contributed by atoms with Gasteiger partial charge in [0.1, 0.15) is 0 Å².